The molecule has 0 aliphatic heterocycles. The Morgan fingerprint density at radius 1 is 1.29 bits per heavy atom. The van der Waals surface area contributed by atoms with E-state index in [2.05, 4.69) is 37.3 Å². The van der Waals surface area contributed by atoms with E-state index in [0.29, 0.717) is 0 Å². The van der Waals surface area contributed by atoms with Crippen molar-refractivity contribution in [2.24, 2.45) is 0 Å². The third kappa shape index (κ3) is 0.955. The van der Waals surface area contributed by atoms with E-state index < -0.39 is 0 Å². The fraction of sp³-hybridized carbons (Fsp3) is 0.231. The number of fused-ring (bicyclic) bond motifs is 3. The molecule has 0 N–H and O–H groups in total. The topological polar surface area (TPSA) is 13.1 Å². The third-order valence-electron chi connectivity index (χ3n) is 2.86. The highest BCUT2D eigenvalue weighted by atomic mass is 16.3. The molecule has 14 heavy (non-hydrogen) atoms. The highest BCUT2D eigenvalue weighted by Gasteiger charge is 2.14. The van der Waals surface area contributed by atoms with Crippen LogP contribution in [0.2, 0.25) is 0 Å². The number of rotatable bonds is 0. The fourth-order valence-electron chi connectivity index (χ4n) is 2.18. The molecule has 1 heteroatoms. The van der Waals surface area contributed by atoms with Gasteiger partial charge in [-0.3, -0.25) is 0 Å². The summed E-state index contributed by atoms with van der Waals surface area (Å²) in [5.74, 6) is 1.15. The van der Waals surface area contributed by atoms with Gasteiger partial charge in [0, 0.05) is 17.4 Å². The number of hydrogen-bond donors (Lipinski definition) is 0. The number of hydrogen-bond acceptors (Lipinski definition) is 1. The molecule has 1 aliphatic carbocycles. The first kappa shape index (κ1) is 7.86. The molecule has 0 amide bonds. The quantitative estimate of drug-likeness (QED) is 0.608. The monoisotopic (exact) mass is 184 g/mol. The summed E-state index contributed by atoms with van der Waals surface area (Å²) in [6, 6.07) is 6.24. The Morgan fingerprint density at radius 2 is 2.21 bits per heavy atom. The van der Waals surface area contributed by atoms with Crippen molar-refractivity contribution in [1.82, 2.24) is 0 Å². The van der Waals surface area contributed by atoms with E-state index in [1.807, 2.05) is 0 Å². The summed E-state index contributed by atoms with van der Waals surface area (Å²) in [4.78, 5) is 0. The molecule has 2 aromatic rings. The molecule has 0 radical (unpaired) electrons. The SMILES string of the molecule is Cc1cccc2oc3c(c12)C=CCC3. The molecule has 1 nitrogen and oxygen atoms in total. The molecular weight excluding hydrogens is 172 g/mol. The molecule has 0 atom stereocenters. The van der Waals surface area contributed by atoms with Crippen LogP contribution in [0.4, 0.5) is 0 Å². The summed E-state index contributed by atoms with van der Waals surface area (Å²) in [5.41, 5.74) is 3.63. The Kier molecular flexibility index (Phi) is 1.54. The van der Waals surface area contributed by atoms with Crippen molar-refractivity contribution in [3.8, 4) is 0 Å². The smallest absolute Gasteiger partial charge is 0.135 e. The molecule has 1 heterocycles. The molecule has 1 aromatic heterocycles. The van der Waals surface area contributed by atoms with Crippen molar-refractivity contribution in [2.45, 2.75) is 19.8 Å². The van der Waals surface area contributed by atoms with E-state index in [1.165, 1.54) is 16.5 Å². The van der Waals surface area contributed by atoms with Gasteiger partial charge < -0.3 is 4.42 Å². The average Bonchev–Trinajstić information content (AvgIpc) is 2.57. The zero-order valence-corrected chi connectivity index (χ0v) is 8.21. The van der Waals surface area contributed by atoms with E-state index in [9.17, 15) is 0 Å². The van der Waals surface area contributed by atoms with Gasteiger partial charge in [0.15, 0.2) is 0 Å². The van der Waals surface area contributed by atoms with Gasteiger partial charge in [-0.05, 0) is 25.0 Å². The minimum atomic E-state index is 1.03. The Labute approximate surface area is 83.0 Å². The van der Waals surface area contributed by atoms with Crippen molar-refractivity contribution >= 4 is 17.0 Å². The van der Waals surface area contributed by atoms with Gasteiger partial charge in [-0.1, -0.05) is 24.3 Å². The lowest BCUT2D eigenvalue weighted by Gasteiger charge is -2.02. The van der Waals surface area contributed by atoms with Crippen molar-refractivity contribution in [3.05, 3.63) is 41.2 Å². The van der Waals surface area contributed by atoms with E-state index in [0.717, 1.165) is 24.2 Å². The second-order valence-electron chi connectivity index (χ2n) is 3.83. The Morgan fingerprint density at radius 3 is 3.14 bits per heavy atom. The maximum atomic E-state index is 5.82. The first-order chi connectivity index (χ1) is 6.86. The number of allylic oxidation sites excluding steroid dienone is 1. The summed E-state index contributed by atoms with van der Waals surface area (Å²) in [6.07, 6.45) is 6.56. The van der Waals surface area contributed by atoms with Crippen LogP contribution in [0.1, 0.15) is 23.3 Å². The lowest BCUT2D eigenvalue weighted by atomic mass is 10.00. The molecule has 70 valence electrons. The van der Waals surface area contributed by atoms with Crippen LogP contribution in [0, 0.1) is 6.92 Å². The maximum absolute atomic E-state index is 5.82. The van der Waals surface area contributed by atoms with Crippen molar-refractivity contribution < 1.29 is 4.42 Å². The van der Waals surface area contributed by atoms with Crippen LogP contribution < -0.4 is 0 Å². The number of furan rings is 1. The second-order valence-corrected chi connectivity index (χ2v) is 3.83. The maximum Gasteiger partial charge on any atom is 0.135 e. The second kappa shape index (κ2) is 2.74. The molecule has 1 aliphatic rings. The summed E-state index contributed by atoms with van der Waals surface area (Å²) >= 11 is 0. The lowest BCUT2D eigenvalue weighted by Crippen LogP contribution is -1.88. The van der Waals surface area contributed by atoms with Gasteiger partial charge >= 0.3 is 0 Å². The minimum Gasteiger partial charge on any atom is -0.460 e. The number of aryl methyl sites for hydroxylation is 2. The predicted molar refractivity (Wildman–Crippen MR) is 58.3 cm³/mol. The molecule has 0 unspecified atom stereocenters. The van der Waals surface area contributed by atoms with E-state index in [4.69, 9.17) is 4.42 Å². The number of benzene rings is 1. The Bertz CT molecular complexity index is 517. The van der Waals surface area contributed by atoms with E-state index in [-0.39, 0.29) is 0 Å². The van der Waals surface area contributed by atoms with Crippen molar-refractivity contribution in [3.63, 3.8) is 0 Å². The standard InChI is InChI=1S/C13H12O/c1-9-5-4-8-12-13(9)10-6-2-3-7-11(10)14-12/h2,4-6,8H,3,7H2,1H3. The molecule has 0 fully saturated rings. The lowest BCUT2D eigenvalue weighted by molar-refractivity contribution is 0.546. The van der Waals surface area contributed by atoms with Crippen LogP contribution in [-0.4, -0.2) is 0 Å². The predicted octanol–water partition coefficient (Wildman–Crippen LogP) is 3.70. The van der Waals surface area contributed by atoms with Crippen LogP contribution in [0.5, 0.6) is 0 Å². The van der Waals surface area contributed by atoms with Gasteiger partial charge in [0.2, 0.25) is 0 Å². The van der Waals surface area contributed by atoms with E-state index in [1.54, 1.807) is 0 Å². The fourth-order valence-corrected chi connectivity index (χ4v) is 2.18. The summed E-state index contributed by atoms with van der Waals surface area (Å²) < 4.78 is 5.82. The van der Waals surface area contributed by atoms with Crippen LogP contribution >= 0.6 is 0 Å². The summed E-state index contributed by atoms with van der Waals surface area (Å²) in [5, 5.41) is 1.29. The summed E-state index contributed by atoms with van der Waals surface area (Å²) in [7, 11) is 0. The van der Waals surface area contributed by atoms with Gasteiger partial charge in [-0.15, -0.1) is 0 Å². The zero-order valence-electron chi connectivity index (χ0n) is 8.21. The normalized spacial score (nSPS) is 14.6. The van der Waals surface area contributed by atoms with E-state index >= 15 is 0 Å². The van der Waals surface area contributed by atoms with Crippen LogP contribution in [-0.2, 0) is 6.42 Å². The Hall–Kier alpha value is -1.50. The highest BCUT2D eigenvalue weighted by molar-refractivity contribution is 5.91. The van der Waals surface area contributed by atoms with Gasteiger partial charge in [0.1, 0.15) is 11.3 Å². The largest absolute Gasteiger partial charge is 0.460 e. The molecule has 3 rings (SSSR count). The average molecular weight is 184 g/mol. The minimum absolute atomic E-state index is 1.03. The Balaban J connectivity index is 2.45. The summed E-state index contributed by atoms with van der Waals surface area (Å²) in [6.45, 7) is 2.14. The molecular formula is C13H12O. The first-order valence-corrected chi connectivity index (χ1v) is 5.04. The van der Waals surface area contributed by atoms with Gasteiger partial charge in [-0.2, -0.15) is 0 Å². The van der Waals surface area contributed by atoms with Crippen LogP contribution in [0.3, 0.4) is 0 Å². The van der Waals surface area contributed by atoms with Crippen molar-refractivity contribution in [2.75, 3.05) is 0 Å². The van der Waals surface area contributed by atoms with Gasteiger partial charge in [0.05, 0.1) is 0 Å². The molecule has 0 saturated carbocycles. The van der Waals surface area contributed by atoms with Crippen LogP contribution in [0.25, 0.3) is 17.0 Å². The third-order valence-corrected chi connectivity index (χ3v) is 2.86. The molecule has 1 aromatic carbocycles. The molecule has 0 spiro atoms. The highest BCUT2D eigenvalue weighted by Crippen LogP contribution is 2.32. The molecule has 0 bridgehead atoms. The van der Waals surface area contributed by atoms with Crippen LogP contribution in [0.15, 0.2) is 28.7 Å². The molecule has 0 saturated heterocycles. The van der Waals surface area contributed by atoms with Crippen molar-refractivity contribution in [1.29, 1.82) is 0 Å². The zero-order chi connectivity index (χ0) is 9.54. The first-order valence-electron chi connectivity index (χ1n) is 5.04. The van der Waals surface area contributed by atoms with Gasteiger partial charge in [-0.25, -0.2) is 0 Å². The van der Waals surface area contributed by atoms with Gasteiger partial charge in [0.25, 0.3) is 0 Å².